The fourth-order valence-corrected chi connectivity index (χ4v) is 3.75. The third-order valence-electron chi connectivity index (χ3n) is 3.52. The van der Waals surface area contributed by atoms with E-state index in [1.165, 1.54) is 16.0 Å². The van der Waals surface area contributed by atoms with Crippen LogP contribution in [0.5, 0.6) is 5.75 Å². The van der Waals surface area contributed by atoms with Gasteiger partial charge in [0.1, 0.15) is 12.4 Å². The molecule has 0 saturated carbocycles. The normalized spacial score (nSPS) is 16.9. The van der Waals surface area contributed by atoms with E-state index in [2.05, 4.69) is 30.3 Å². The van der Waals surface area contributed by atoms with Crippen molar-refractivity contribution in [3.8, 4) is 5.75 Å². The van der Waals surface area contributed by atoms with Gasteiger partial charge in [-0.05, 0) is 42.6 Å². The van der Waals surface area contributed by atoms with Crippen LogP contribution in [-0.2, 0) is 12.8 Å². The lowest BCUT2D eigenvalue weighted by molar-refractivity contribution is 0.314. The average molecular weight is 285 g/mol. The number of para-hydroxylation sites is 1. The first kappa shape index (κ1) is 13.5. The van der Waals surface area contributed by atoms with E-state index in [1.54, 1.807) is 0 Å². The summed E-state index contributed by atoms with van der Waals surface area (Å²) in [6.07, 6.45) is 1.97. The maximum atomic E-state index is 6.03. The first-order valence-electron chi connectivity index (χ1n) is 7.02. The zero-order chi connectivity index (χ0) is 13.8. The SMILES string of the molecule is NCCc1ccccc1OCC1Cc2ccccc2S1. The highest BCUT2D eigenvalue weighted by Gasteiger charge is 2.22. The van der Waals surface area contributed by atoms with Crippen molar-refractivity contribution in [2.24, 2.45) is 5.73 Å². The van der Waals surface area contributed by atoms with Crippen molar-refractivity contribution in [2.75, 3.05) is 13.2 Å². The van der Waals surface area contributed by atoms with E-state index in [1.807, 2.05) is 30.0 Å². The van der Waals surface area contributed by atoms with Crippen LogP contribution < -0.4 is 10.5 Å². The number of rotatable bonds is 5. The minimum Gasteiger partial charge on any atom is -0.492 e. The van der Waals surface area contributed by atoms with Gasteiger partial charge in [-0.1, -0.05) is 36.4 Å². The fourth-order valence-electron chi connectivity index (χ4n) is 2.54. The zero-order valence-electron chi connectivity index (χ0n) is 11.4. The van der Waals surface area contributed by atoms with Crippen molar-refractivity contribution in [3.05, 3.63) is 59.7 Å². The van der Waals surface area contributed by atoms with Gasteiger partial charge in [0.05, 0.1) is 0 Å². The molecule has 0 aliphatic carbocycles. The van der Waals surface area contributed by atoms with Gasteiger partial charge in [-0.25, -0.2) is 0 Å². The summed E-state index contributed by atoms with van der Waals surface area (Å²) in [6, 6.07) is 16.8. The first-order chi connectivity index (χ1) is 9.86. The third-order valence-corrected chi connectivity index (χ3v) is 4.81. The molecule has 0 saturated heterocycles. The summed E-state index contributed by atoms with van der Waals surface area (Å²) in [5.74, 6) is 0.981. The summed E-state index contributed by atoms with van der Waals surface area (Å²) in [4.78, 5) is 1.40. The number of nitrogens with two attached hydrogens (primary N) is 1. The minimum absolute atomic E-state index is 0.512. The zero-order valence-corrected chi connectivity index (χ0v) is 12.2. The highest BCUT2D eigenvalue weighted by molar-refractivity contribution is 8.00. The standard InChI is InChI=1S/C17H19NOS/c18-10-9-13-5-1-3-7-16(13)19-12-15-11-14-6-2-4-8-17(14)20-15/h1-8,15H,9-12,18H2. The van der Waals surface area contributed by atoms with Crippen LogP contribution in [0.3, 0.4) is 0 Å². The smallest absolute Gasteiger partial charge is 0.122 e. The van der Waals surface area contributed by atoms with Gasteiger partial charge in [-0.2, -0.15) is 0 Å². The molecule has 0 radical (unpaired) electrons. The molecule has 2 nitrogen and oxygen atoms in total. The molecular formula is C17H19NOS. The Balaban J connectivity index is 1.61. The molecule has 20 heavy (non-hydrogen) atoms. The second-order valence-electron chi connectivity index (χ2n) is 5.01. The highest BCUT2D eigenvalue weighted by Crippen LogP contribution is 2.37. The lowest BCUT2D eigenvalue weighted by atomic mass is 10.1. The Labute approximate surface area is 124 Å². The van der Waals surface area contributed by atoms with Gasteiger partial charge in [-0.15, -0.1) is 11.8 Å². The molecule has 1 aliphatic rings. The van der Waals surface area contributed by atoms with Gasteiger partial charge in [0, 0.05) is 10.1 Å². The molecule has 3 rings (SSSR count). The van der Waals surface area contributed by atoms with Crippen LogP contribution in [0.4, 0.5) is 0 Å². The van der Waals surface area contributed by atoms with Gasteiger partial charge >= 0.3 is 0 Å². The fraction of sp³-hybridized carbons (Fsp3) is 0.294. The number of thioether (sulfide) groups is 1. The average Bonchev–Trinajstić information content (AvgIpc) is 2.89. The topological polar surface area (TPSA) is 35.2 Å². The molecule has 2 N–H and O–H groups in total. The molecule has 0 spiro atoms. The Kier molecular flexibility index (Phi) is 4.28. The molecule has 0 bridgehead atoms. The summed E-state index contributed by atoms with van der Waals surface area (Å²) in [5.41, 5.74) is 8.30. The molecule has 0 aromatic heterocycles. The van der Waals surface area contributed by atoms with Crippen molar-refractivity contribution in [1.29, 1.82) is 0 Å². The van der Waals surface area contributed by atoms with Crippen molar-refractivity contribution in [3.63, 3.8) is 0 Å². The molecule has 1 aliphatic heterocycles. The predicted octanol–water partition coefficient (Wildman–Crippen LogP) is 3.28. The van der Waals surface area contributed by atoms with Gasteiger partial charge in [0.25, 0.3) is 0 Å². The van der Waals surface area contributed by atoms with Gasteiger partial charge < -0.3 is 10.5 Å². The molecule has 2 aromatic carbocycles. The number of hydrogen-bond acceptors (Lipinski definition) is 3. The summed E-state index contributed by atoms with van der Waals surface area (Å²) < 4.78 is 6.03. The van der Waals surface area contributed by atoms with E-state index >= 15 is 0 Å². The number of fused-ring (bicyclic) bond motifs is 1. The van der Waals surface area contributed by atoms with Crippen LogP contribution >= 0.6 is 11.8 Å². The van der Waals surface area contributed by atoms with Crippen molar-refractivity contribution < 1.29 is 4.74 Å². The molecule has 0 fully saturated rings. The molecule has 1 heterocycles. The highest BCUT2D eigenvalue weighted by atomic mass is 32.2. The predicted molar refractivity (Wildman–Crippen MR) is 84.5 cm³/mol. The van der Waals surface area contributed by atoms with Crippen LogP contribution in [0.15, 0.2) is 53.4 Å². The molecule has 3 heteroatoms. The molecule has 1 atom stereocenters. The van der Waals surface area contributed by atoms with Crippen molar-refractivity contribution >= 4 is 11.8 Å². The molecule has 2 aromatic rings. The van der Waals surface area contributed by atoms with Gasteiger partial charge in [-0.3, -0.25) is 0 Å². The lowest BCUT2D eigenvalue weighted by Crippen LogP contribution is -2.14. The first-order valence-corrected chi connectivity index (χ1v) is 7.90. The van der Waals surface area contributed by atoms with E-state index in [9.17, 15) is 0 Å². The van der Waals surface area contributed by atoms with Gasteiger partial charge in [0.15, 0.2) is 0 Å². The lowest BCUT2D eigenvalue weighted by Gasteiger charge is -2.14. The van der Waals surface area contributed by atoms with E-state index in [-0.39, 0.29) is 0 Å². The quantitative estimate of drug-likeness (QED) is 0.915. The van der Waals surface area contributed by atoms with Crippen LogP contribution in [0.25, 0.3) is 0 Å². The van der Waals surface area contributed by atoms with Crippen LogP contribution in [0, 0.1) is 0 Å². The summed E-state index contributed by atoms with van der Waals surface area (Å²) >= 11 is 1.92. The Morgan fingerprint density at radius 3 is 2.75 bits per heavy atom. The van der Waals surface area contributed by atoms with E-state index in [0.717, 1.165) is 25.2 Å². The second-order valence-corrected chi connectivity index (χ2v) is 6.35. The minimum atomic E-state index is 0.512. The summed E-state index contributed by atoms with van der Waals surface area (Å²) in [7, 11) is 0. The number of hydrogen-bond donors (Lipinski definition) is 1. The second kappa shape index (κ2) is 6.33. The Morgan fingerprint density at radius 1 is 1.10 bits per heavy atom. The largest absolute Gasteiger partial charge is 0.492 e. The van der Waals surface area contributed by atoms with Crippen LogP contribution in [-0.4, -0.2) is 18.4 Å². The van der Waals surface area contributed by atoms with Crippen LogP contribution in [0.1, 0.15) is 11.1 Å². The van der Waals surface area contributed by atoms with Crippen molar-refractivity contribution in [1.82, 2.24) is 0 Å². The maximum Gasteiger partial charge on any atom is 0.122 e. The molecular weight excluding hydrogens is 266 g/mol. The van der Waals surface area contributed by atoms with Crippen LogP contribution in [0.2, 0.25) is 0 Å². The number of benzene rings is 2. The summed E-state index contributed by atoms with van der Waals surface area (Å²) in [5, 5.41) is 0.512. The number of ether oxygens (including phenoxy) is 1. The van der Waals surface area contributed by atoms with Crippen molar-refractivity contribution in [2.45, 2.75) is 23.0 Å². The Hall–Kier alpha value is -1.45. The summed E-state index contributed by atoms with van der Waals surface area (Å²) in [6.45, 7) is 1.41. The van der Waals surface area contributed by atoms with E-state index < -0.39 is 0 Å². The van der Waals surface area contributed by atoms with E-state index in [4.69, 9.17) is 10.5 Å². The maximum absolute atomic E-state index is 6.03. The molecule has 104 valence electrons. The monoisotopic (exact) mass is 285 g/mol. The molecule has 1 unspecified atom stereocenters. The Morgan fingerprint density at radius 2 is 1.90 bits per heavy atom. The van der Waals surface area contributed by atoms with E-state index in [0.29, 0.717) is 11.8 Å². The third kappa shape index (κ3) is 3.00. The van der Waals surface area contributed by atoms with Gasteiger partial charge in [0.2, 0.25) is 0 Å². The Bertz CT molecular complexity index is 560. The molecule has 0 amide bonds.